The molecule has 3 aromatic heterocycles. The van der Waals surface area contributed by atoms with E-state index in [0.29, 0.717) is 52.5 Å². The lowest BCUT2D eigenvalue weighted by Crippen LogP contribution is -2.45. The maximum atomic E-state index is 13.3. The van der Waals surface area contributed by atoms with Gasteiger partial charge in [-0.25, -0.2) is 0 Å². The largest absolute Gasteiger partial charge is 0.495 e. The second-order valence-corrected chi connectivity index (χ2v) is 11.1. The highest BCUT2D eigenvalue weighted by molar-refractivity contribution is 7.12. The van der Waals surface area contributed by atoms with E-state index in [1.54, 1.807) is 25.3 Å². The molecule has 1 aromatic carbocycles. The number of carbonyl (C=O) groups is 2. The van der Waals surface area contributed by atoms with Gasteiger partial charge in [0.15, 0.2) is 0 Å². The molecule has 0 aliphatic carbocycles. The van der Waals surface area contributed by atoms with E-state index in [4.69, 9.17) is 9.72 Å². The van der Waals surface area contributed by atoms with Crippen LogP contribution >= 0.6 is 11.3 Å². The van der Waals surface area contributed by atoms with E-state index in [0.717, 1.165) is 42.4 Å². The number of nitrogens with zero attached hydrogens (tertiary/aromatic N) is 4. The molecule has 1 saturated heterocycles. The Balaban J connectivity index is 1.28. The molecule has 41 heavy (non-hydrogen) atoms. The predicted molar refractivity (Wildman–Crippen MR) is 159 cm³/mol. The Kier molecular flexibility index (Phi) is 7.47. The predicted octanol–water partition coefficient (Wildman–Crippen LogP) is 3.22. The van der Waals surface area contributed by atoms with Gasteiger partial charge in [-0.15, -0.1) is 11.3 Å². The van der Waals surface area contributed by atoms with E-state index in [-0.39, 0.29) is 24.5 Å². The van der Waals surface area contributed by atoms with Gasteiger partial charge in [0.1, 0.15) is 22.1 Å². The molecule has 1 fully saturated rings. The molecule has 2 aliphatic heterocycles. The minimum atomic E-state index is -0.381. The number of β-amino-alcohol motifs (C(OH)–C–C–N with tert-alkyl or cyclic N) is 1. The van der Waals surface area contributed by atoms with Crippen LogP contribution in [-0.2, 0) is 11.2 Å². The highest BCUT2D eigenvalue weighted by atomic mass is 32.1. The van der Waals surface area contributed by atoms with Gasteiger partial charge in [0.2, 0.25) is 11.9 Å². The first kappa shape index (κ1) is 27.0. The zero-order chi connectivity index (χ0) is 28.5. The number of amides is 2. The molecule has 6 rings (SSSR count). The van der Waals surface area contributed by atoms with Crippen molar-refractivity contribution in [2.75, 3.05) is 55.9 Å². The summed E-state index contributed by atoms with van der Waals surface area (Å²) in [4.78, 5) is 42.5. The Bertz CT molecular complexity index is 1600. The van der Waals surface area contributed by atoms with E-state index in [1.165, 1.54) is 11.3 Å². The number of nitrogens with one attached hydrogen (secondary N) is 4. The van der Waals surface area contributed by atoms with Crippen molar-refractivity contribution in [2.45, 2.75) is 25.4 Å². The number of anilines is 5. The summed E-state index contributed by atoms with van der Waals surface area (Å²) >= 11 is 1.34. The van der Waals surface area contributed by atoms with Crippen LogP contribution in [0.4, 0.5) is 28.8 Å². The van der Waals surface area contributed by atoms with Gasteiger partial charge in [-0.05, 0) is 61.0 Å². The molecule has 4 aromatic rings. The second kappa shape index (κ2) is 11.4. The van der Waals surface area contributed by atoms with Gasteiger partial charge >= 0.3 is 0 Å². The first-order chi connectivity index (χ1) is 19.9. The maximum absolute atomic E-state index is 13.3. The number of aliphatic hydroxyl groups excluding tert-OH is 1. The van der Waals surface area contributed by atoms with Crippen molar-refractivity contribution in [3.05, 3.63) is 46.3 Å². The molecule has 1 unspecified atom stereocenters. The van der Waals surface area contributed by atoms with Crippen LogP contribution in [0.3, 0.4) is 0 Å². The van der Waals surface area contributed by atoms with Crippen LogP contribution in [0.5, 0.6) is 5.75 Å². The SMILES string of the molecule is CNC(=O)c1sccc1Nc1nc(Nc2cc3c(cc2OC)CCN3C(=O)CN2CCCC(O)C2)nc2[nH]ccc12. The molecule has 0 saturated carbocycles. The Labute approximate surface area is 240 Å². The molecule has 214 valence electrons. The lowest BCUT2D eigenvalue weighted by atomic mass is 10.1. The van der Waals surface area contributed by atoms with Crippen molar-refractivity contribution in [1.82, 2.24) is 25.2 Å². The number of aliphatic hydroxyl groups is 1. The number of piperidine rings is 1. The molecule has 1 atom stereocenters. The summed E-state index contributed by atoms with van der Waals surface area (Å²) < 4.78 is 5.69. The summed E-state index contributed by atoms with van der Waals surface area (Å²) in [7, 11) is 3.20. The number of methoxy groups -OCH3 is 1. The van der Waals surface area contributed by atoms with Crippen LogP contribution in [0, 0.1) is 0 Å². The summed E-state index contributed by atoms with van der Waals surface area (Å²) in [5.74, 6) is 1.28. The third-order valence-electron chi connectivity index (χ3n) is 7.45. The topological polar surface area (TPSA) is 148 Å². The van der Waals surface area contributed by atoms with Crippen LogP contribution in [0.15, 0.2) is 35.8 Å². The van der Waals surface area contributed by atoms with Crippen molar-refractivity contribution in [3.8, 4) is 5.75 Å². The fourth-order valence-electron chi connectivity index (χ4n) is 5.43. The van der Waals surface area contributed by atoms with E-state index < -0.39 is 0 Å². The third kappa shape index (κ3) is 5.43. The number of benzene rings is 1. The second-order valence-electron chi connectivity index (χ2n) is 10.1. The average Bonchev–Trinajstić information content (AvgIpc) is 3.72. The number of hydrogen-bond acceptors (Lipinski definition) is 10. The van der Waals surface area contributed by atoms with Crippen molar-refractivity contribution in [1.29, 1.82) is 0 Å². The standard InChI is InChI=1S/C28H32N8O4S/c1-29-27(39)24-19(7-11-41-24)31-26-18-5-8-30-25(18)33-28(34-26)32-20-13-21-16(12-22(20)40-2)6-10-36(21)23(38)15-35-9-3-4-17(37)14-35/h5,7-8,11-13,17,37H,3-4,6,9-10,14-15H2,1-2H3,(H,29,39)(H3,30,31,32,33,34). The number of H-pyrrole nitrogens is 1. The molecule has 2 aliphatic rings. The molecule has 0 spiro atoms. The Morgan fingerprint density at radius 3 is 2.88 bits per heavy atom. The van der Waals surface area contributed by atoms with Crippen molar-refractivity contribution < 1.29 is 19.4 Å². The number of ether oxygens (including phenoxy) is 1. The van der Waals surface area contributed by atoms with E-state index in [9.17, 15) is 14.7 Å². The van der Waals surface area contributed by atoms with Crippen molar-refractivity contribution >= 4 is 63.0 Å². The smallest absolute Gasteiger partial charge is 0.263 e. The number of aromatic amines is 1. The number of aromatic nitrogens is 3. The van der Waals surface area contributed by atoms with E-state index in [2.05, 4.69) is 25.9 Å². The molecule has 5 heterocycles. The number of fused-ring (bicyclic) bond motifs is 2. The first-order valence-electron chi connectivity index (χ1n) is 13.5. The number of thiophene rings is 1. The van der Waals surface area contributed by atoms with Gasteiger partial charge in [0.25, 0.3) is 5.91 Å². The lowest BCUT2D eigenvalue weighted by molar-refractivity contribution is -0.120. The molecule has 2 amide bonds. The number of carbonyl (C=O) groups excluding carboxylic acids is 2. The molecule has 13 heteroatoms. The van der Waals surface area contributed by atoms with Crippen molar-refractivity contribution in [2.24, 2.45) is 0 Å². The summed E-state index contributed by atoms with van der Waals surface area (Å²) in [6, 6.07) is 7.56. The van der Waals surface area contributed by atoms with Crippen LogP contribution < -0.4 is 25.6 Å². The quantitative estimate of drug-likeness (QED) is 0.213. The normalized spacial score (nSPS) is 17.0. The molecule has 0 bridgehead atoms. The molecule has 5 N–H and O–H groups in total. The highest BCUT2D eigenvalue weighted by Gasteiger charge is 2.29. The van der Waals surface area contributed by atoms with Gasteiger partial charge < -0.3 is 35.7 Å². The van der Waals surface area contributed by atoms with E-state index >= 15 is 0 Å². The molecular weight excluding hydrogens is 544 g/mol. The highest BCUT2D eigenvalue weighted by Crippen LogP contribution is 2.39. The first-order valence-corrected chi connectivity index (χ1v) is 14.4. The fourth-order valence-corrected chi connectivity index (χ4v) is 6.22. The fraction of sp³-hybridized carbons (Fsp3) is 0.357. The summed E-state index contributed by atoms with van der Waals surface area (Å²) in [5, 5.41) is 21.9. The summed E-state index contributed by atoms with van der Waals surface area (Å²) in [6.45, 7) is 2.19. The minimum Gasteiger partial charge on any atom is -0.495 e. The van der Waals surface area contributed by atoms with Gasteiger partial charge in [0, 0.05) is 32.0 Å². The van der Waals surface area contributed by atoms with Crippen molar-refractivity contribution in [3.63, 3.8) is 0 Å². The van der Waals surface area contributed by atoms with Gasteiger partial charge in [-0.2, -0.15) is 9.97 Å². The van der Waals surface area contributed by atoms with Crippen LogP contribution in [0.2, 0.25) is 0 Å². The third-order valence-corrected chi connectivity index (χ3v) is 8.36. The van der Waals surface area contributed by atoms with Crippen LogP contribution in [-0.4, -0.2) is 83.2 Å². The zero-order valence-corrected chi connectivity index (χ0v) is 23.7. The lowest BCUT2D eigenvalue weighted by Gasteiger charge is -2.31. The summed E-state index contributed by atoms with van der Waals surface area (Å²) in [5.41, 5.74) is 3.73. The molecule has 0 radical (unpaired) electrons. The number of hydrogen-bond donors (Lipinski definition) is 5. The van der Waals surface area contributed by atoms with Gasteiger partial charge in [0.05, 0.1) is 36.5 Å². The van der Waals surface area contributed by atoms with Crippen LogP contribution in [0.25, 0.3) is 11.0 Å². The van der Waals surface area contributed by atoms with Gasteiger partial charge in [-0.3, -0.25) is 14.5 Å². The molecular formula is C28H32N8O4S. The van der Waals surface area contributed by atoms with Gasteiger partial charge in [-0.1, -0.05) is 0 Å². The molecule has 12 nitrogen and oxygen atoms in total. The Morgan fingerprint density at radius 2 is 2.07 bits per heavy atom. The van der Waals surface area contributed by atoms with Crippen LogP contribution in [0.1, 0.15) is 28.1 Å². The Morgan fingerprint density at radius 1 is 1.20 bits per heavy atom. The van der Waals surface area contributed by atoms with E-state index in [1.807, 2.05) is 34.5 Å². The zero-order valence-electron chi connectivity index (χ0n) is 22.9. The Hall–Kier alpha value is -4.20. The summed E-state index contributed by atoms with van der Waals surface area (Å²) in [6.07, 6.45) is 3.80. The number of rotatable bonds is 8. The maximum Gasteiger partial charge on any atom is 0.263 e. The number of likely N-dealkylation sites (tertiary alicyclic amines) is 1. The average molecular weight is 577 g/mol. The monoisotopic (exact) mass is 576 g/mol. The minimum absolute atomic E-state index is 0.00666.